The first-order chi connectivity index (χ1) is 6.67. The normalized spacial score (nSPS) is 33.5. The van der Waals surface area contributed by atoms with E-state index in [1.54, 1.807) is 0 Å². The van der Waals surface area contributed by atoms with Crippen molar-refractivity contribution in [3.63, 3.8) is 0 Å². The molecule has 0 aromatic carbocycles. The number of carbonyl (C=O) groups excluding carboxylic acids is 1. The Balaban J connectivity index is 2.53. The maximum absolute atomic E-state index is 11.4. The first-order valence-electron chi connectivity index (χ1n) is 5.14. The molecule has 0 saturated heterocycles. The van der Waals surface area contributed by atoms with Gasteiger partial charge in [-0.15, -0.1) is 0 Å². The lowest BCUT2D eigenvalue weighted by molar-refractivity contribution is -0.146. The fraction of sp³-hybridized carbons (Fsp3) is 0.900. The zero-order valence-corrected chi connectivity index (χ0v) is 8.82. The Labute approximate surface area is 84.6 Å². The molecule has 0 heterocycles. The van der Waals surface area contributed by atoms with Gasteiger partial charge in [-0.1, -0.05) is 6.92 Å². The molecule has 1 aliphatic carbocycles. The van der Waals surface area contributed by atoms with Crippen LogP contribution in [0.3, 0.4) is 0 Å². The number of hydroxylamine groups is 1. The highest BCUT2D eigenvalue weighted by Crippen LogP contribution is 2.28. The summed E-state index contributed by atoms with van der Waals surface area (Å²) in [7, 11) is 1.43. The zero-order valence-electron chi connectivity index (χ0n) is 8.82. The second-order valence-corrected chi connectivity index (χ2v) is 4.20. The number of nitrogens with one attached hydrogen (secondary N) is 1. The minimum Gasteiger partial charge on any atom is -0.469 e. The van der Waals surface area contributed by atoms with E-state index in [4.69, 9.17) is 9.94 Å². The van der Waals surface area contributed by atoms with Gasteiger partial charge < -0.3 is 9.94 Å². The van der Waals surface area contributed by atoms with Crippen molar-refractivity contribution in [2.45, 2.75) is 38.6 Å². The number of hydrogen-bond acceptors (Lipinski definition) is 4. The van der Waals surface area contributed by atoms with E-state index in [2.05, 4.69) is 12.4 Å². The minimum atomic E-state index is -0.115. The number of hydrogen-bond donors (Lipinski definition) is 2. The first-order valence-corrected chi connectivity index (χ1v) is 5.14. The quantitative estimate of drug-likeness (QED) is 0.402. The van der Waals surface area contributed by atoms with Crippen LogP contribution in [0.25, 0.3) is 0 Å². The minimum absolute atomic E-state index is 0.00773. The van der Waals surface area contributed by atoms with Gasteiger partial charge >= 0.3 is 5.97 Å². The summed E-state index contributed by atoms with van der Waals surface area (Å²) in [5, 5.41) is 8.85. The van der Waals surface area contributed by atoms with Crippen LogP contribution in [0.1, 0.15) is 32.6 Å². The van der Waals surface area contributed by atoms with Crippen LogP contribution in [0.2, 0.25) is 0 Å². The molecule has 0 amide bonds. The molecule has 4 heteroatoms. The third kappa shape index (κ3) is 2.96. The van der Waals surface area contributed by atoms with E-state index in [1.807, 2.05) is 0 Å². The standard InChI is InChI=1S/C10H19NO3/c1-7-5-8(10(12)14-2)3-4-9(6-7)11-13/h7-9,11,13H,3-6H2,1-2H3. The van der Waals surface area contributed by atoms with Crippen LogP contribution in [0, 0.1) is 11.8 Å². The molecule has 1 aliphatic rings. The summed E-state index contributed by atoms with van der Waals surface area (Å²) in [4.78, 5) is 11.4. The molecule has 14 heavy (non-hydrogen) atoms. The van der Waals surface area contributed by atoms with Crippen LogP contribution in [0.5, 0.6) is 0 Å². The largest absolute Gasteiger partial charge is 0.469 e. The molecular formula is C10H19NO3. The van der Waals surface area contributed by atoms with Crippen LogP contribution in [-0.4, -0.2) is 24.3 Å². The second-order valence-electron chi connectivity index (χ2n) is 4.20. The Kier molecular flexibility index (Phi) is 4.35. The Hall–Kier alpha value is -0.610. The Bertz CT molecular complexity index is 196. The number of ether oxygens (including phenoxy) is 1. The fourth-order valence-corrected chi connectivity index (χ4v) is 2.20. The van der Waals surface area contributed by atoms with Crippen molar-refractivity contribution in [3.05, 3.63) is 0 Å². The Morgan fingerprint density at radius 1 is 1.43 bits per heavy atom. The molecule has 0 bridgehead atoms. The number of methoxy groups -OCH3 is 1. The van der Waals surface area contributed by atoms with E-state index < -0.39 is 0 Å². The van der Waals surface area contributed by atoms with E-state index in [9.17, 15) is 4.79 Å². The maximum atomic E-state index is 11.4. The fourth-order valence-electron chi connectivity index (χ4n) is 2.20. The van der Waals surface area contributed by atoms with Crippen molar-refractivity contribution in [3.8, 4) is 0 Å². The van der Waals surface area contributed by atoms with Crippen molar-refractivity contribution in [1.29, 1.82) is 0 Å². The number of esters is 1. The molecule has 0 radical (unpaired) electrons. The SMILES string of the molecule is COC(=O)C1CCC(NO)CC(C)C1. The number of carbonyl (C=O) groups is 1. The summed E-state index contributed by atoms with van der Waals surface area (Å²) in [5.41, 5.74) is 2.30. The van der Waals surface area contributed by atoms with Crippen molar-refractivity contribution in [1.82, 2.24) is 5.48 Å². The summed E-state index contributed by atoms with van der Waals surface area (Å²) in [6, 6.07) is 0.125. The predicted octanol–water partition coefficient (Wildman–Crippen LogP) is 1.33. The highest BCUT2D eigenvalue weighted by Gasteiger charge is 2.27. The lowest BCUT2D eigenvalue weighted by Crippen LogP contribution is -2.26. The van der Waals surface area contributed by atoms with Crippen LogP contribution in [0.4, 0.5) is 0 Å². The van der Waals surface area contributed by atoms with Gasteiger partial charge in [-0.3, -0.25) is 4.79 Å². The summed E-state index contributed by atoms with van der Waals surface area (Å²) >= 11 is 0. The molecule has 3 unspecified atom stereocenters. The van der Waals surface area contributed by atoms with E-state index in [0.29, 0.717) is 5.92 Å². The molecule has 3 atom stereocenters. The average molecular weight is 201 g/mol. The molecule has 2 N–H and O–H groups in total. The average Bonchev–Trinajstić information content (AvgIpc) is 2.38. The van der Waals surface area contributed by atoms with E-state index in [1.165, 1.54) is 7.11 Å². The van der Waals surface area contributed by atoms with Gasteiger partial charge in [0.2, 0.25) is 0 Å². The molecule has 0 aromatic rings. The maximum Gasteiger partial charge on any atom is 0.308 e. The van der Waals surface area contributed by atoms with Gasteiger partial charge in [0.1, 0.15) is 0 Å². The molecule has 82 valence electrons. The molecule has 4 nitrogen and oxygen atoms in total. The number of rotatable bonds is 2. The molecule has 0 aromatic heterocycles. The van der Waals surface area contributed by atoms with Crippen molar-refractivity contribution < 1.29 is 14.7 Å². The molecule has 1 rings (SSSR count). The van der Waals surface area contributed by atoms with Crippen molar-refractivity contribution >= 4 is 5.97 Å². The smallest absolute Gasteiger partial charge is 0.308 e. The highest BCUT2D eigenvalue weighted by molar-refractivity contribution is 5.72. The highest BCUT2D eigenvalue weighted by atomic mass is 16.5. The summed E-state index contributed by atoms with van der Waals surface area (Å²) < 4.78 is 4.74. The summed E-state index contributed by atoms with van der Waals surface area (Å²) in [5.74, 6) is 0.343. The van der Waals surface area contributed by atoms with Crippen LogP contribution in [0.15, 0.2) is 0 Å². The third-order valence-electron chi connectivity index (χ3n) is 2.95. The van der Waals surface area contributed by atoms with E-state index >= 15 is 0 Å². The second kappa shape index (κ2) is 5.32. The van der Waals surface area contributed by atoms with Crippen LogP contribution < -0.4 is 5.48 Å². The Morgan fingerprint density at radius 2 is 2.14 bits per heavy atom. The van der Waals surface area contributed by atoms with Gasteiger partial charge in [0, 0.05) is 6.04 Å². The lowest BCUT2D eigenvalue weighted by atomic mass is 9.95. The van der Waals surface area contributed by atoms with Gasteiger partial charge in [-0.25, -0.2) is 5.48 Å². The van der Waals surface area contributed by atoms with Gasteiger partial charge in [0.25, 0.3) is 0 Å². The third-order valence-corrected chi connectivity index (χ3v) is 2.95. The van der Waals surface area contributed by atoms with Gasteiger partial charge in [0.05, 0.1) is 13.0 Å². The Morgan fingerprint density at radius 3 is 2.71 bits per heavy atom. The van der Waals surface area contributed by atoms with Gasteiger partial charge in [0.15, 0.2) is 0 Å². The molecule has 1 fully saturated rings. The van der Waals surface area contributed by atoms with Gasteiger partial charge in [-0.05, 0) is 31.6 Å². The lowest BCUT2D eigenvalue weighted by Gasteiger charge is -2.14. The van der Waals surface area contributed by atoms with Crippen molar-refractivity contribution in [2.75, 3.05) is 7.11 Å². The molecule has 0 spiro atoms. The molecular weight excluding hydrogens is 182 g/mol. The van der Waals surface area contributed by atoms with E-state index in [-0.39, 0.29) is 17.9 Å². The van der Waals surface area contributed by atoms with Crippen LogP contribution >= 0.6 is 0 Å². The summed E-state index contributed by atoms with van der Waals surface area (Å²) in [6.45, 7) is 2.10. The first kappa shape index (κ1) is 11.5. The van der Waals surface area contributed by atoms with E-state index in [0.717, 1.165) is 25.7 Å². The summed E-state index contributed by atoms with van der Waals surface area (Å²) in [6.07, 6.45) is 3.42. The monoisotopic (exact) mass is 201 g/mol. The molecule has 0 aliphatic heterocycles. The topological polar surface area (TPSA) is 58.6 Å². The predicted molar refractivity (Wildman–Crippen MR) is 51.8 cm³/mol. The van der Waals surface area contributed by atoms with Gasteiger partial charge in [-0.2, -0.15) is 0 Å². The van der Waals surface area contributed by atoms with Crippen LogP contribution in [-0.2, 0) is 9.53 Å². The van der Waals surface area contributed by atoms with Crippen molar-refractivity contribution in [2.24, 2.45) is 11.8 Å². The zero-order chi connectivity index (χ0) is 10.6. The molecule has 1 saturated carbocycles.